The number of carbonyl (C=O) groups excluding carboxylic acids is 11. The first kappa shape index (κ1) is 75.9. The van der Waals surface area contributed by atoms with Crippen molar-refractivity contribution in [2.45, 2.75) is 216 Å². The van der Waals surface area contributed by atoms with E-state index in [1.807, 2.05) is 55.4 Å². The molecule has 2 unspecified atom stereocenters. The number of nitrogens with zero attached hydrogens (tertiary/aromatic N) is 7. The normalized spacial score (nSPS) is 27.1. The molecule has 1 heterocycles. The van der Waals surface area contributed by atoms with Crippen LogP contribution in [0, 0.1) is 41.4 Å². The topological polar surface area (TPSA) is 279 Å². The summed E-state index contributed by atoms with van der Waals surface area (Å²) < 4.78 is 0. The lowest BCUT2D eigenvalue weighted by Gasteiger charge is -2.41. The summed E-state index contributed by atoms with van der Waals surface area (Å²) in [5.74, 6) is -9.78. The fourth-order valence-corrected chi connectivity index (χ4v) is 10.5. The van der Waals surface area contributed by atoms with Gasteiger partial charge in [-0.3, -0.25) is 52.7 Å². The van der Waals surface area contributed by atoms with E-state index < -0.39 is 156 Å². The quantitative estimate of drug-likeness (QED) is 0.157. The van der Waals surface area contributed by atoms with E-state index >= 15 is 9.59 Å². The molecule has 0 saturated carbocycles. The predicted octanol–water partition coefficient (Wildman–Crippen LogP) is 2.88. The molecule has 1 aliphatic rings. The van der Waals surface area contributed by atoms with E-state index in [0.717, 1.165) is 9.80 Å². The Balaban J connectivity index is 4.28. The number of likely N-dealkylation sites (N-methyl/N-ethyl adjacent to an activating group) is 7. The van der Waals surface area contributed by atoms with Gasteiger partial charge in [-0.1, -0.05) is 102 Å². The number of hydrogen-bond acceptors (Lipinski definition) is 12. The van der Waals surface area contributed by atoms with Crippen LogP contribution in [0.15, 0.2) is 12.2 Å². The number of nitrogens with one attached hydrogen (secondary N) is 4. The standard InChI is InChI=1S/C61H109N11O12/c1-25-26-27-39(14)51(74)50-55(78)64-41(16)56(79)66(18)32-47(73)67(19)43(28-33(2)3)54(77)65-48(37(10)11)60(83)68(20)44(29-34(4)5)53(76)62-40(15)52(75)63-42(17)57(80)69(21)45(30-35(6)7)58(81)70(22)46(31-36(8)9)59(82)71(23)49(38(12)13)61(84)72(50)24/h25-26,33-46,48-51,74H,27-32H2,1-24H3,(H,62,76)(H,63,75)(H,64,78)(H,65,77)/b26-25+/t39?,40-,41+,42+,43+,44+,45+,46+,48+,49+,50-,51?/m1/s1. The summed E-state index contributed by atoms with van der Waals surface area (Å²) in [7, 11) is 9.87. The molecule has 0 spiro atoms. The van der Waals surface area contributed by atoms with Crippen LogP contribution >= 0.6 is 0 Å². The molecule has 1 rings (SSSR count). The summed E-state index contributed by atoms with van der Waals surface area (Å²) in [6.45, 7) is 29.0. The molecular formula is C61H109N11O12. The lowest BCUT2D eigenvalue weighted by atomic mass is 9.91. The van der Waals surface area contributed by atoms with E-state index in [2.05, 4.69) is 21.3 Å². The first-order chi connectivity index (χ1) is 38.7. The van der Waals surface area contributed by atoms with Gasteiger partial charge in [0.05, 0.1) is 12.6 Å². The summed E-state index contributed by atoms with van der Waals surface area (Å²) >= 11 is 0. The molecule has 23 nitrogen and oxygen atoms in total. The number of aliphatic hydroxyl groups is 1. The number of hydrogen-bond donors (Lipinski definition) is 5. The summed E-state index contributed by atoms with van der Waals surface area (Å²) in [5.41, 5.74) is 0. The van der Waals surface area contributed by atoms with Crippen molar-refractivity contribution in [3.63, 3.8) is 0 Å². The van der Waals surface area contributed by atoms with E-state index in [1.165, 1.54) is 94.6 Å². The smallest absolute Gasteiger partial charge is 0.246 e. The molecule has 0 aliphatic carbocycles. The van der Waals surface area contributed by atoms with Crippen molar-refractivity contribution in [1.82, 2.24) is 55.6 Å². The number of amides is 11. The van der Waals surface area contributed by atoms with Crippen molar-refractivity contribution in [3.05, 3.63) is 12.2 Å². The molecule has 5 N–H and O–H groups in total. The molecule has 480 valence electrons. The zero-order valence-electron chi connectivity index (χ0n) is 55.4. The van der Waals surface area contributed by atoms with Gasteiger partial charge < -0.3 is 60.7 Å². The molecule has 12 atom stereocenters. The fourth-order valence-electron chi connectivity index (χ4n) is 10.5. The van der Waals surface area contributed by atoms with Crippen LogP contribution in [-0.2, 0) is 52.7 Å². The van der Waals surface area contributed by atoms with Gasteiger partial charge in [-0.15, -0.1) is 0 Å². The molecule has 23 heteroatoms. The molecule has 0 radical (unpaired) electrons. The van der Waals surface area contributed by atoms with Crippen molar-refractivity contribution in [3.8, 4) is 0 Å². The van der Waals surface area contributed by atoms with Crippen LogP contribution in [-0.4, -0.2) is 227 Å². The molecule has 0 aromatic rings. The van der Waals surface area contributed by atoms with Gasteiger partial charge in [-0.05, 0) is 101 Å². The van der Waals surface area contributed by atoms with Crippen LogP contribution in [0.1, 0.15) is 150 Å². The number of carbonyl (C=O) groups is 11. The Kier molecular flexibility index (Phi) is 30.8. The number of aliphatic hydroxyl groups excluding tert-OH is 1. The van der Waals surface area contributed by atoms with Gasteiger partial charge in [-0.25, -0.2) is 0 Å². The Morgan fingerprint density at radius 3 is 1.26 bits per heavy atom. The van der Waals surface area contributed by atoms with Crippen molar-refractivity contribution in [1.29, 1.82) is 0 Å². The van der Waals surface area contributed by atoms with Gasteiger partial charge in [0.2, 0.25) is 65.0 Å². The zero-order chi connectivity index (χ0) is 65.3. The minimum Gasteiger partial charge on any atom is -0.390 e. The Labute approximate surface area is 502 Å². The minimum atomic E-state index is -1.61. The van der Waals surface area contributed by atoms with E-state index in [-0.39, 0.29) is 49.4 Å². The molecule has 11 amide bonds. The molecule has 0 aromatic heterocycles. The van der Waals surface area contributed by atoms with Gasteiger partial charge in [-0.2, -0.15) is 0 Å². The SMILES string of the molecule is C/C=C/CC(C)C(O)[C@@H]1C(=O)N[C@@H](C)C(=O)N(C)CC(=O)N(C)[C@@H](CC(C)C)C(=O)N[C@@H](C(C)C)C(=O)N(C)[C@@H](CC(C)C)C(=O)N[C@H](C)C(=O)N[C@@H](C)C(=O)N(C)[C@@H](CC(C)C)C(=O)N(C)[C@@H](CC(C)C)C(=O)N(C)[C@@H](C(C)C)C(=O)N1C. The Bertz CT molecular complexity index is 2310. The highest BCUT2D eigenvalue weighted by molar-refractivity contribution is 5.99. The van der Waals surface area contributed by atoms with Crippen molar-refractivity contribution >= 4 is 65.0 Å². The predicted molar refractivity (Wildman–Crippen MR) is 324 cm³/mol. The maximum atomic E-state index is 15.1. The Morgan fingerprint density at radius 1 is 0.429 bits per heavy atom. The average Bonchev–Trinajstić information content (AvgIpc) is 2.58. The van der Waals surface area contributed by atoms with Gasteiger partial charge in [0.25, 0.3) is 0 Å². The third-order valence-electron chi connectivity index (χ3n) is 15.8. The van der Waals surface area contributed by atoms with Gasteiger partial charge in [0.15, 0.2) is 0 Å². The van der Waals surface area contributed by atoms with Crippen LogP contribution in [0.2, 0.25) is 0 Å². The highest BCUT2D eigenvalue weighted by atomic mass is 16.3. The lowest BCUT2D eigenvalue weighted by molar-refractivity contribution is -0.157. The average molecular weight is 1190 g/mol. The summed E-state index contributed by atoms with van der Waals surface area (Å²) in [6.07, 6.45) is 3.00. The third-order valence-corrected chi connectivity index (χ3v) is 15.8. The Hall–Kier alpha value is -6.13. The largest absolute Gasteiger partial charge is 0.390 e. The lowest BCUT2D eigenvalue weighted by Crippen LogP contribution is -2.63. The highest BCUT2D eigenvalue weighted by Crippen LogP contribution is 2.25. The minimum absolute atomic E-state index is 0.129. The second-order valence-electron chi connectivity index (χ2n) is 25.9. The van der Waals surface area contributed by atoms with Crippen molar-refractivity contribution in [2.75, 3.05) is 55.9 Å². The van der Waals surface area contributed by atoms with Gasteiger partial charge >= 0.3 is 0 Å². The molecule has 1 aliphatic heterocycles. The first-order valence-electron chi connectivity index (χ1n) is 30.0. The van der Waals surface area contributed by atoms with Crippen molar-refractivity contribution < 1.29 is 57.8 Å². The molecule has 0 aromatic carbocycles. The van der Waals surface area contributed by atoms with E-state index in [1.54, 1.807) is 53.7 Å². The summed E-state index contributed by atoms with van der Waals surface area (Å²) in [5, 5.41) is 22.9. The van der Waals surface area contributed by atoms with Crippen LogP contribution in [0.4, 0.5) is 0 Å². The third kappa shape index (κ3) is 21.1. The maximum Gasteiger partial charge on any atom is 0.246 e. The number of allylic oxidation sites excluding steroid dienone is 2. The fraction of sp³-hybridized carbons (Fsp3) is 0.787. The second-order valence-corrected chi connectivity index (χ2v) is 25.9. The summed E-state index contributed by atoms with van der Waals surface area (Å²) in [6, 6.07) is -12.4. The van der Waals surface area contributed by atoms with E-state index in [4.69, 9.17) is 0 Å². The molecule has 0 bridgehead atoms. The van der Waals surface area contributed by atoms with E-state index in [0.29, 0.717) is 6.42 Å². The van der Waals surface area contributed by atoms with E-state index in [9.17, 15) is 48.3 Å². The summed E-state index contributed by atoms with van der Waals surface area (Å²) in [4.78, 5) is 168. The maximum absolute atomic E-state index is 15.1. The molecule has 1 saturated heterocycles. The van der Waals surface area contributed by atoms with Gasteiger partial charge in [0, 0.05) is 49.3 Å². The molecular weight excluding hydrogens is 1080 g/mol. The highest BCUT2D eigenvalue weighted by Gasteiger charge is 2.45. The Morgan fingerprint density at radius 2 is 0.810 bits per heavy atom. The monoisotopic (exact) mass is 1190 g/mol. The first-order valence-corrected chi connectivity index (χ1v) is 30.0. The van der Waals surface area contributed by atoms with Gasteiger partial charge in [0.1, 0.15) is 60.4 Å². The zero-order valence-corrected chi connectivity index (χ0v) is 55.4. The number of rotatable bonds is 14. The van der Waals surface area contributed by atoms with Crippen LogP contribution < -0.4 is 21.3 Å². The van der Waals surface area contributed by atoms with Crippen molar-refractivity contribution in [2.24, 2.45) is 41.4 Å². The molecule has 84 heavy (non-hydrogen) atoms. The van der Waals surface area contributed by atoms with Crippen LogP contribution in [0.5, 0.6) is 0 Å². The molecule has 1 fully saturated rings. The second kappa shape index (κ2) is 34.1. The van der Waals surface area contributed by atoms with Crippen LogP contribution in [0.25, 0.3) is 0 Å². The van der Waals surface area contributed by atoms with Crippen LogP contribution in [0.3, 0.4) is 0 Å².